The Kier molecular flexibility index (Phi) is 6.45. The summed E-state index contributed by atoms with van der Waals surface area (Å²) in [6, 6.07) is 12.6. The van der Waals surface area contributed by atoms with Crippen molar-refractivity contribution in [1.82, 2.24) is 5.43 Å². The highest BCUT2D eigenvalue weighted by molar-refractivity contribution is 6.30. The van der Waals surface area contributed by atoms with Gasteiger partial charge in [0.25, 0.3) is 0 Å². The lowest BCUT2D eigenvalue weighted by Gasteiger charge is -2.09. The van der Waals surface area contributed by atoms with Gasteiger partial charge in [0.15, 0.2) is 18.1 Å². The second-order valence-corrected chi connectivity index (χ2v) is 5.25. The molecule has 126 valence electrons. The molecule has 7 heteroatoms. The Morgan fingerprint density at radius 2 is 2.00 bits per heavy atom. The van der Waals surface area contributed by atoms with Crippen molar-refractivity contribution in [1.29, 1.82) is 0 Å². The number of carbonyl (C=O) groups is 1. The molecule has 0 radical (unpaired) electrons. The van der Waals surface area contributed by atoms with Gasteiger partial charge in [0, 0.05) is 5.02 Å². The minimum Gasteiger partial charge on any atom is -0.493 e. The highest BCUT2D eigenvalue weighted by atomic mass is 35.5. The summed E-state index contributed by atoms with van der Waals surface area (Å²) in [6.07, 6.45) is 1.64. The Labute approximate surface area is 144 Å². The number of carboxylic acids is 1. The number of nitrogens with zero attached hydrogens (tertiary/aromatic N) is 1. The molecule has 2 aromatic carbocycles. The number of rotatable bonds is 8. The molecule has 0 saturated carbocycles. The van der Waals surface area contributed by atoms with Gasteiger partial charge in [-0.05, 0) is 41.5 Å². The predicted octanol–water partition coefficient (Wildman–Crippen LogP) is 2.94. The zero-order valence-electron chi connectivity index (χ0n) is 13.0. The molecule has 0 spiro atoms. The van der Waals surface area contributed by atoms with Crippen molar-refractivity contribution in [2.45, 2.75) is 6.54 Å². The molecule has 0 aliphatic heterocycles. The van der Waals surface area contributed by atoms with Crippen LogP contribution in [0.15, 0.2) is 47.6 Å². The fourth-order valence-corrected chi connectivity index (χ4v) is 2.01. The monoisotopic (exact) mass is 348 g/mol. The summed E-state index contributed by atoms with van der Waals surface area (Å²) in [4.78, 5) is 10.5. The van der Waals surface area contributed by atoms with Gasteiger partial charge >= 0.3 is 5.97 Å². The molecule has 0 saturated heterocycles. The Hall–Kier alpha value is -2.73. The van der Waals surface area contributed by atoms with Crippen molar-refractivity contribution in [2.75, 3.05) is 13.7 Å². The van der Waals surface area contributed by atoms with Gasteiger partial charge in [-0.1, -0.05) is 23.7 Å². The van der Waals surface area contributed by atoms with Crippen LogP contribution in [0, 0.1) is 0 Å². The van der Waals surface area contributed by atoms with Crippen LogP contribution in [0.2, 0.25) is 5.02 Å². The van der Waals surface area contributed by atoms with E-state index in [1.54, 1.807) is 24.4 Å². The van der Waals surface area contributed by atoms with Gasteiger partial charge < -0.3 is 20.0 Å². The molecule has 24 heavy (non-hydrogen) atoms. The van der Waals surface area contributed by atoms with Crippen LogP contribution in [0.25, 0.3) is 0 Å². The molecule has 2 rings (SSSR count). The van der Waals surface area contributed by atoms with E-state index in [1.807, 2.05) is 24.3 Å². The molecule has 0 aromatic heterocycles. The zero-order valence-corrected chi connectivity index (χ0v) is 13.8. The van der Waals surface area contributed by atoms with Crippen LogP contribution in [0.1, 0.15) is 11.1 Å². The van der Waals surface area contributed by atoms with E-state index < -0.39 is 12.6 Å². The summed E-state index contributed by atoms with van der Waals surface area (Å²) in [5.74, 6) is -0.238. The van der Waals surface area contributed by atoms with Crippen molar-refractivity contribution in [3.05, 3.63) is 58.6 Å². The van der Waals surface area contributed by atoms with Crippen LogP contribution in [0.3, 0.4) is 0 Å². The molecule has 0 atom stereocenters. The number of halogens is 1. The standard InChI is InChI=1S/C17H17ClN2O4/c1-23-16-8-13(4-7-15(16)24-11-17(21)22)10-20-19-9-12-2-5-14(18)6-3-12/h2-8,10,19H,9,11H2,1H3,(H,21,22)/b20-10-. The Morgan fingerprint density at radius 3 is 2.67 bits per heavy atom. The van der Waals surface area contributed by atoms with Gasteiger partial charge in [-0.3, -0.25) is 0 Å². The van der Waals surface area contributed by atoms with Crippen LogP contribution in [0.5, 0.6) is 11.5 Å². The van der Waals surface area contributed by atoms with E-state index in [2.05, 4.69) is 10.5 Å². The SMILES string of the molecule is COc1cc(/C=N\NCc2ccc(Cl)cc2)ccc1OCC(=O)O. The Bertz CT molecular complexity index is 717. The van der Waals surface area contributed by atoms with Gasteiger partial charge in [0.2, 0.25) is 0 Å². The van der Waals surface area contributed by atoms with Crippen LogP contribution in [-0.2, 0) is 11.3 Å². The van der Waals surface area contributed by atoms with E-state index in [4.69, 9.17) is 26.2 Å². The minimum absolute atomic E-state index is 0.367. The smallest absolute Gasteiger partial charge is 0.341 e. The summed E-state index contributed by atoms with van der Waals surface area (Å²) in [7, 11) is 1.49. The number of aliphatic carboxylic acids is 1. The van der Waals surface area contributed by atoms with Crippen molar-refractivity contribution >= 4 is 23.8 Å². The normalized spacial score (nSPS) is 10.6. The lowest BCUT2D eigenvalue weighted by atomic mass is 10.2. The molecule has 6 nitrogen and oxygen atoms in total. The number of hydrogen-bond donors (Lipinski definition) is 2. The fourth-order valence-electron chi connectivity index (χ4n) is 1.88. The maximum atomic E-state index is 10.5. The molecule has 0 unspecified atom stereocenters. The van der Waals surface area contributed by atoms with Gasteiger partial charge in [-0.15, -0.1) is 0 Å². The second kappa shape index (κ2) is 8.79. The second-order valence-electron chi connectivity index (χ2n) is 4.81. The fraction of sp³-hybridized carbons (Fsp3) is 0.176. The predicted molar refractivity (Wildman–Crippen MR) is 92.0 cm³/mol. The molecule has 0 aliphatic carbocycles. The number of ether oxygens (including phenoxy) is 2. The van der Waals surface area contributed by atoms with Gasteiger partial charge in [-0.25, -0.2) is 4.79 Å². The van der Waals surface area contributed by atoms with E-state index in [0.29, 0.717) is 23.1 Å². The van der Waals surface area contributed by atoms with E-state index >= 15 is 0 Å². The van der Waals surface area contributed by atoms with E-state index in [-0.39, 0.29) is 0 Å². The third-order valence-electron chi connectivity index (χ3n) is 3.04. The molecule has 0 aliphatic rings. The van der Waals surface area contributed by atoms with Crippen LogP contribution in [0.4, 0.5) is 0 Å². The molecule has 2 aromatic rings. The van der Waals surface area contributed by atoms with E-state index in [9.17, 15) is 4.79 Å². The topological polar surface area (TPSA) is 80.1 Å². The Morgan fingerprint density at radius 1 is 1.25 bits per heavy atom. The van der Waals surface area contributed by atoms with Crippen LogP contribution < -0.4 is 14.9 Å². The molecule has 0 heterocycles. The van der Waals surface area contributed by atoms with Gasteiger partial charge in [0.1, 0.15) is 0 Å². The summed E-state index contributed by atoms with van der Waals surface area (Å²) in [5, 5.41) is 13.5. The largest absolute Gasteiger partial charge is 0.493 e. The van der Waals surface area contributed by atoms with Crippen molar-refractivity contribution in [3.8, 4) is 11.5 Å². The number of methoxy groups -OCH3 is 1. The summed E-state index contributed by atoms with van der Waals surface area (Å²) in [6.45, 7) is 0.150. The number of hydrogen-bond acceptors (Lipinski definition) is 5. The molecule has 0 bridgehead atoms. The zero-order chi connectivity index (χ0) is 17.4. The summed E-state index contributed by atoms with van der Waals surface area (Å²) < 4.78 is 10.3. The highest BCUT2D eigenvalue weighted by Gasteiger charge is 2.07. The molecule has 0 fully saturated rings. The lowest BCUT2D eigenvalue weighted by molar-refractivity contribution is -0.139. The number of benzene rings is 2. The molecule has 2 N–H and O–H groups in total. The summed E-state index contributed by atoms with van der Waals surface area (Å²) >= 11 is 5.83. The maximum absolute atomic E-state index is 10.5. The highest BCUT2D eigenvalue weighted by Crippen LogP contribution is 2.27. The van der Waals surface area contributed by atoms with Gasteiger partial charge in [-0.2, -0.15) is 5.10 Å². The van der Waals surface area contributed by atoms with Gasteiger partial charge in [0.05, 0.1) is 19.9 Å². The van der Waals surface area contributed by atoms with E-state index in [0.717, 1.165) is 11.1 Å². The van der Waals surface area contributed by atoms with E-state index in [1.165, 1.54) is 7.11 Å². The quantitative estimate of drug-likeness (QED) is 0.566. The lowest BCUT2D eigenvalue weighted by Crippen LogP contribution is -2.10. The average Bonchev–Trinajstić information content (AvgIpc) is 2.58. The molecular weight excluding hydrogens is 332 g/mol. The van der Waals surface area contributed by atoms with Crippen LogP contribution >= 0.6 is 11.6 Å². The molecular formula is C17H17ClN2O4. The third-order valence-corrected chi connectivity index (χ3v) is 3.29. The number of hydrazone groups is 1. The van der Waals surface area contributed by atoms with Crippen molar-refractivity contribution in [2.24, 2.45) is 5.10 Å². The number of nitrogens with one attached hydrogen (secondary N) is 1. The first-order valence-corrected chi connectivity index (χ1v) is 7.49. The Balaban J connectivity index is 1.93. The molecule has 0 amide bonds. The maximum Gasteiger partial charge on any atom is 0.341 e. The first-order valence-electron chi connectivity index (χ1n) is 7.11. The third kappa shape index (κ3) is 5.48. The first-order chi connectivity index (χ1) is 11.6. The first kappa shape index (κ1) is 17.6. The minimum atomic E-state index is -1.05. The van der Waals surface area contributed by atoms with Crippen LogP contribution in [-0.4, -0.2) is 31.0 Å². The summed E-state index contributed by atoms with van der Waals surface area (Å²) in [5.41, 5.74) is 4.79. The van der Waals surface area contributed by atoms with Crippen molar-refractivity contribution < 1.29 is 19.4 Å². The van der Waals surface area contributed by atoms with Crippen molar-refractivity contribution in [3.63, 3.8) is 0 Å². The average molecular weight is 349 g/mol. The number of carboxylic acid groups (broad SMARTS) is 1.